The molecule has 19 heavy (non-hydrogen) atoms. The molecule has 1 aromatic carbocycles. The van der Waals surface area contributed by atoms with Gasteiger partial charge >= 0.3 is 5.97 Å². The lowest BCUT2D eigenvalue weighted by Gasteiger charge is -2.20. The summed E-state index contributed by atoms with van der Waals surface area (Å²) in [5, 5.41) is 8.84. The Bertz CT molecular complexity index is 454. The average Bonchev–Trinajstić information content (AvgIpc) is 2.37. The van der Waals surface area contributed by atoms with Gasteiger partial charge in [0.1, 0.15) is 0 Å². The zero-order valence-corrected chi connectivity index (χ0v) is 11.8. The molecule has 0 saturated carbocycles. The van der Waals surface area contributed by atoms with Crippen molar-refractivity contribution < 1.29 is 14.7 Å². The van der Waals surface area contributed by atoms with Gasteiger partial charge in [-0.25, -0.2) is 0 Å². The maximum atomic E-state index is 12.1. The first kappa shape index (κ1) is 15.0. The van der Waals surface area contributed by atoms with Gasteiger partial charge in [-0.3, -0.25) is 9.59 Å². The molecule has 0 radical (unpaired) electrons. The Balaban J connectivity index is 2.74. The second kappa shape index (κ2) is 6.22. The number of hydrogen-bond donors (Lipinski definition) is 1. The van der Waals surface area contributed by atoms with Gasteiger partial charge in [0, 0.05) is 38.9 Å². The van der Waals surface area contributed by atoms with E-state index in [4.69, 9.17) is 5.11 Å². The van der Waals surface area contributed by atoms with Crippen molar-refractivity contribution in [2.45, 2.75) is 6.92 Å². The van der Waals surface area contributed by atoms with Crippen molar-refractivity contribution in [2.24, 2.45) is 5.92 Å². The molecule has 1 atom stereocenters. The van der Waals surface area contributed by atoms with E-state index in [1.165, 1.54) is 4.90 Å². The molecule has 1 amide bonds. The summed E-state index contributed by atoms with van der Waals surface area (Å²) < 4.78 is 0. The summed E-state index contributed by atoms with van der Waals surface area (Å²) in [4.78, 5) is 26.3. The fourth-order valence-corrected chi connectivity index (χ4v) is 1.69. The number of amides is 1. The van der Waals surface area contributed by atoms with Gasteiger partial charge in [-0.2, -0.15) is 0 Å². The Morgan fingerprint density at radius 3 is 2.11 bits per heavy atom. The van der Waals surface area contributed by atoms with Crippen LogP contribution in [0.5, 0.6) is 0 Å². The van der Waals surface area contributed by atoms with Gasteiger partial charge in [0.15, 0.2) is 0 Å². The number of rotatable bonds is 5. The molecule has 0 aliphatic rings. The number of carboxylic acid groups (broad SMARTS) is 1. The number of carbonyl (C=O) groups excluding carboxylic acids is 1. The van der Waals surface area contributed by atoms with Gasteiger partial charge < -0.3 is 14.9 Å². The molecule has 0 heterocycles. The van der Waals surface area contributed by atoms with Crippen LogP contribution in [0.3, 0.4) is 0 Å². The third kappa shape index (κ3) is 3.98. The third-order valence-corrected chi connectivity index (χ3v) is 2.95. The first-order chi connectivity index (χ1) is 8.82. The molecule has 0 bridgehead atoms. The molecule has 104 valence electrons. The standard InChI is InChI=1S/C14H20N2O3/c1-10(14(18)19)9-16(4)13(17)11-5-7-12(8-6-11)15(2)3/h5-8,10H,9H2,1-4H3,(H,18,19). The lowest BCUT2D eigenvalue weighted by molar-refractivity contribution is -0.141. The highest BCUT2D eigenvalue weighted by molar-refractivity contribution is 5.94. The molecule has 0 aliphatic carbocycles. The predicted octanol–water partition coefficient (Wildman–Crippen LogP) is 1.55. The largest absolute Gasteiger partial charge is 0.481 e. The zero-order chi connectivity index (χ0) is 14.6. The maximum Gasteiger partial charge on any atom is 0.308 e. The molecule has 1 rings (SSSR count). The van der Waals surface area contributed by atoms with E-state index in [0.717, 1.165) is 5.69 Å². The fraction of sp³-hybridized carbons (Fsp3) is 0.429. The Morgan fingerprint density at radius 1 is 1.16 bits per heavy atom. The van der Waals surface area contributed by atoms with Crippen LogP contribution < -0.4 is 4.90 Å². The summed E-state index contributed by atoms with van der Waals surface area (Å²) in [6.07, 6.45) is 0. The Morgan fingerprint density at radius 2 is 1.68 bits per heavy atom. The molecule has 0 aromatic heterocycles. The van der Waals surface area contributed by atoms with Crippen LogP contribution in [0.2, 0.25) is 0 Å². The van der Waals surface area contributed by atoms with Crippen molar-refractivity contribution in [2.75, 3.05) is 32.6 Å². The molecule has 1 unspecified atom stereocenters. The molecular formula is C14H20N2O3. The summed E-state index contributed by atoms with van der Waals surface area (Å²) in [7, 11) is 5.47. The van der Waals surface area contributed by atoms with E-state index in [1.54, 1.807) is 26.1 Å². The Kier molecular flexibility index (Phi) is 4.92. The molecule has 1 aromatic rings. The first-order valence-corrected chi connectivity index (χ1v) is 6.08. The number of aliphatic carboxylic acids is 1. The lowest BCUT2D eigenvalue weighted by atomic mass is 10.1. The van der Waals surface area contributed by atoms with E-state index >= 15 is 0 Å². The summed E-state index contributed by atoms with van der Waals surface area (Å²) >= 11 is 0. The monoisotopic (exact) mass is 264 g/mol. The summed E-state index contributed by atoms with van der Waals surface area (Å²) in [5.41, 5.74) is 1.57. The molecule has 5 nitrogen and oxygen atoms in total. The minimum Gasteiger partial charge on any atom is -0.481 e. The van der Waals surface area contributed by atoms with Crippen LogP contribution in [0.4, 0.5) is 5.69 Å². The van der Waals surface area contributed by atoms with Crippen LogP contribution in [0, 0.1) is 5.92 Å². The average molecular weight is 264 g/mol. The minimum absolute atomic E-state index is 0.168. The molecular weight excluding hydrogens is 244 g/mol. The van der Waals surface area contributed by atoms with Gasteiger partial charge in [-0.05, 0) is 24.3 Å². The van der Waals surface area contributed by atoms with E-state index in [0.29, 0.717) is 5.56 Å². The van der Waals surface area contributed by atoms with E-state index in [1.807, 2.05) is 31.1 Å². The van der Waals surface area contributed by atoms with Gasteiger partial charge in [0.25, 0.3) is 5.91 Å². The molecule has 5 heteroatoms. The minimum atomic E-state index is -0.900. The van der Waals surface area contributed by atoms with Crippen LogP contribution in [0.25, 0.3) is 0 Å². The predicted molar refractivity (Wildman–Crippen MR) is 74.5 cm³/mol. The second-order valence-electron chi connectivity index (χ2n) is 4.87. The van der Waals surface area contributed by atoms with Crippen LogP contribution in [-0.2, 0) is 4.79 Å². The van der Waals surface area contributed by atoms with E-state index in [2.05, 4.69) is 0 Å². The number of carboxylic acids is 1. The molecule has 1 N–H and O–H groups in total. The van der Waals surface area contributed by atoms with Crippen molar-refractivity contribution in [3.05, 3.63) is 29.8 Å². The SMILES string of the molecule is CC(CN(C)C(=O)c1ccc(N(C)C)cc1)C(=O)O. The van der Waals surface area contributed by atoms with Gasteiger partial charge in [-0.15, -0.1) is 0 Å². The topological polar surface area (TPSA) is 60.9 Å². The number of nitrogens with zero attached hydrogens (tertiary/aromatic N) is 2. The van der Waals surface area contributed by atoms with Gasteiger partial charge in [-0.1, -0.05) is 6.92 Å². The van der Waals surface area contributed by atoms with Crippen molar-refractivity contribution in [1.29, 1.82) is 0 Å². The van der Waals surface area contributed by atoms with Crippen molar-refractivity contribution in [3.63, 3.8) is 0 Å². The lowest BCUT2D eigenvalue weighted by Crippen LogP contribution is -2.33. The van der Waals surface area contributed by atoms with E-state index < -0.39 is 11.9 Å². The quantitative estimate of drug-likeness (QED) is 0.876. The number of anilines is 1. The summed E-state index contributed by atoms with van der Waals surface area (Å²) in [6, 6.07) is 7.22. The summed E-state index contributed by atoms with van der Waals surface area (Å²) in [6.45, 7) is 1.78. The van der Waals surface area contributed by atoms with Gasteiger partial charge in [0.05, 0.1) is 5.92 Å². The third-order valence-electron chi connectivity index (χ3n) is 2.95. The Labute approximate surface area is 113 Å². The van der Waals surface area contributed by atoms with Crippen molar-refractivity contribution in [1.82, 2.24) is 4.90 Å². The normalized spacial score (nSPS) is 11.8. The Hall–Kier alpha value is -2.04. The van der Waals surface area contributed by atoms with Crippen LogP contribution >= 0.6 is 0 Å². The number of hydrogen-bond acceptors (Lipinski definition) is 3. The summed E-state index contributed by atoms with van der Waals surface area (Å²) in [5.74, 6) is -1.64. The zero-order valence-electron chi connectivity index (χ0n) is 11.8. The highest BCUT2D eigenvalue weighted by Crippen LogP contribution is 2.14. The highest BCUT2D eigenvalue weighted by Gasteiger charge is 2.18. The van der Waals surface area contributed by atoms with E-state index in [9.17, 15) is 9.59 Å². The first-order valence-electron chi connectivity index (χ1n) is 6.08. The smallest absolute Gasteiger partial charge is 0.308 e. The van der Waals surface area contributed by atoms with Crippen LogP contribution in [0.15, 0.2) is 24.3 Å². The molecule has 0 saturated heterocycles. The number of benzene rings is 1. The number of carbonyl (C=O) groups is 2. The molecule has 0 fully saturated rings. The van der Waals surface area contributed by atoms with Crippen molar-refractivity contribution >= 4 is 17.6 Å². The fourth-order valence-electron chi connectivity index (χ4n) is 1.69. The van der Waals surface area contributed by atoms with Crippen molar-refractivity contribution in [3.8, 4) is 0 Å². The van der Waals surface area contributed by atoms with Crippen LogP contribution in [0.1, 0.15) is 17.3 Å². The van der Waals surface area contributed by atoms with Gasteiger partial charge in [0.2, 0.25) is 0 Å². The molecule has 0 spiro atoms. The second-order valence-corrected chi connectivity index (χ2v) is 4.87. The van der Waals surface area contributed by atoms with Crippen LogP contribution in [-0.4, -0.2) is 49.6 Å². The highest BCUT2D eigenvalue weighted by atomic mass is 16.4. The maximum absolute atomic E-state index is 12.1. The molecule has 0 aliphatic heterocycles. The van der Waals surface area contributed by atoms with E-state index in [-0.39, 0.29) is 12.5 Å².